The number of carboxylic acids is 1. The highest BCUT2D eigenvalue weighted by Gasteiger charge is 2.43. The van der Waals surface area contributed by atoms with Gasteiger partial charge in [0.1, 0.15) is 18.1 Å². The average Bonchev–Trinajstić information content (AvgIpc) is 3.29. The number of ether oxygens (including phenoxy) is 1. The van der Waals surface area contributed by atoms with Gasteiger partial charge in [0.15, 0.2) is 0 Å². The van der Waals surface area contributed by atoms with E-state index in [4.69, 9.17) is 4.74 Å². The monoisotopic (exact) mass is 836 g/mol. The standard InChI is InChI=1S/C50H52N4O8/c55-43-21-19-41(42-20-22-45(57)52-48(42)43)44(56)32-51-25-8-26-54(33-38-11-7-14-40(29-38)62-34-37-9-3-1-4-10-37)47(59)31-36-17-15-35(16-18-36)30-46(58)53-27-23-50(24-28-53,49(60)61)39-12-5-2-6-13-39/h1-7,9-22,29,44,51,55-56H,8,23-28,30-34H2,(H,52,57)(H,60,61). The number of carbonyl (C=O) groups is 3. The number of aliphatic hydroxyl groups is 1. The molecule has 12 heteroatoms. The maximum atomic E-state index is 14.0. The Labute approximate surface area is 360 Å². The zero-order valence-electron chi connectivity index (χ0n) is 34.5. The van der Waals surface area contributed by atoms with Gasteiger partial charge in [0.25, 0.3) is 0 Å². The van der Waals surface area contributed by atoms with Crippen LogP contribution >= 0.6 is 0 Å². The third-order valence-electron chi connectivity index (χ3n) is 11.7. The van der Waals surface area contributed by atoms with Crippen LogP contribution in [0.3, 0.4) is 0 Å². The highest BCUT2D eigenvalue weighted by atomic mass is 16.5. The van der Waals surface area contributed by atoms with Crippen LogP contribution in [0.4, 0.5) is 0 Å². The van der Waals surface area contributed by atoms with Crippen molar-refractivity contribution in [3.63, 3.8) is 0 Å². The van der Waals surface area contributed by atoms with E-state index in [1.54, 1.807) is 17.0 Å². The van der Waals surface area contributed by atoms with Crippen LogP contribution in [-0.2, 0) is 45.8 Å². The number of rotatable bonds is 18. The van der Waals surface area contributed by atoms with Gasteiger partial charge in [-0.3, -0.25) is 19.2 Å². The molecule has 5 aromatic carbocycles. The lowest BCUT2D eigenvalue weighted by atomic mass is 9.73. The number of nitrogens with zero attached hydrogens (tertiary/aromatic N) is 2. The SMILES string of the molecule is O=C(Cc1ccc(CC(=O)N(CCCNCC(O)c2ccc(O)c3[nH]c(=O)ccc23)Cc2cccc(OCc3ccccc3)c2)cc1)N1CCC(C(=O)O)(c2ccccc2)CC1. The van der Waals surface area contributed by atoms with Gasteiger partial charge >= 0.3 is 5.97 Å². The van der Waals surface area contributed by atoms with Crippen molar-refractivity contribution in [3.8, 4) is 11.5 Å². The highest BCUT2D eigenvalue weighted by Crippen LogP contribution is 2.36. The first-order chi connectivity index (χ1) is 30.1. The normalized spacial score (nSPS) is 14.0. The van der Waals surface area contributed by atoms with E-state index in [1.807, 2.05) is 114 Å². The van der Waals surface area contributed by atoms with E-state index < -0.39 is 17.5 Å². The summed E-state index contributed by atoms with van der Waals surface area (Å²) in [5.74, 6) is -0.366. The quantitative estimate of drug-likeness (QED) is 0.0625. The molecule has 12 nitrogen and oxygen atoms in total. The number of aromatic amines is 1. The molecule has 1 aliphatic heterocycles. The Morgan fingerprint density at radius 2 is 1.47 bits per heavy atom. The van der Waals surface area contributed by atoms with Gasteiger partial charge in [-0.15, -0.1) is 0 Å². The van der Waals surface area contributed by atoms with Crippen molar-refractivity contribution >= 4 is 28.7 Å². The summed E-state index contributed by atoms with van der Waals surface area (Å²) >= 11 is 0. The number of nitrogens with one attached hydrogen (secondary N) is 2. The molecule has 1 fully saturated rings. The van der Waals surface area contributed by atoms with Crippen molar-refractivity contribution in [3.05, 3.63) is 177 Å². The molecular weight excluding hydrogens is 785 g/mol. The minimum atomic E-state index is -1.01. The van der Waals surface area contributed by atoms with Crippen molar-refractivity contribution in [2.75, 3.05) is 32.7 Å². The molecule has 0 bridgehead atoms. The molecule has 62 heavy (non-hydrogen) atoms. The zero-order valence-corrected chi connectivity index (χ0v) is 34.5. The fraction of sp³-hybridized carbons (Fsp3) is 0.280. The molecule has 0 radical (unpaired) electrons. The van der Waals surface area contributed by atoms with Gasteiger partial charge in [-0.1, -0.05) is 103 Å². The number of likely N-dealkylation sites (tertiary alicyclic amines) is 1. The first-order valence-corrected chi connectivity index (χ1v) is 21.0. The number of hydrogen-bond donors (Lipinski definition) is 5. The fourth-order valence-electron chi connectivity index (χ4n) is 8.15. The molecule has 1 aromatic heterocycles. The van der Waals surface area contributed by atoms with E-state index in [-0.39, 0.29) is 48.0 Å². The number of amides is 2. The van der Waals surface area contributed by atoms with Crippen molar-refractivity contribution in [2.45, 2.75) is 56.8 Å². The number of carboxylic acid groups (broad SMARTS) is 1. The summed E-state index contributed by atoms with van der Waals surface area (Å²) in [6.07, 6.45) is 0.722. The van der Waals surface area contributed by atoms with Gasteiger partial charge in [-0.2, -0.15) is 0 Å². The second-order valence-corrected chi connectivity index (χ2v) is 15.9. The van der Waals surface area contributed by atoms with Crippen LogP contribution in [0, 0.1) is 0 Å². The van der Waals surface area contributed by atoms with Gasteiger partial charge in [-0.05, 0) is 83.5 Å². The molecule has 1 aliphatic rings. The van der Waals surface area contributed by atoms with E-state index in [0.717, 1.165) is 27.8 Å². The number of aromatic hydroxyl groups is 1. The van der Waals surface area contributed by atoms with E-state index in [0.29, 0.717) is 75.3 Å². The van der Waals surface area contributed by atoms with Gasteiger partial charge in [0.2, 0.25) is 17.4 Å². The molecular formula is C50H52N4O8. The Morgan fingerprint density at radius 1 is 0.790 bits per heavy atom. The number of aliphatic hydroxyl groups excluding tert-OH is 1. The van der Waals surface area contributed by atoms with E-state index in [1.165, 1.54) is 12.1 Å². The molecule has 5 N–H and O–H groups in total. The van der Waals surface area contributed by atoms with Crippen molar-refractivity contribution in [1.82, 2.24) is 20.1 Å². The number of phenolic OH excluding ortho intramolecular Hbond substituents is 1. The summed E-state index contributed by atoms with van der Waals surface area (Å²) in [5, 5.41) is 35.3. The van der Waals surface area contributed by atoms with Crippen molar-refractivity contribution in [2.24, 2.45) is 0 Å². The molecule has 6 aromatic rings. The maximum Gasteiger partial charge on any atom is 0.314 e. The molecule has 2 amide bonds. The summed E-state index contributed by atoms with van der Waals surface area (Å²) in [7, 11) is 0. The van der Waals surface area contributed by atoms with Gasteiger partial charge in [-0.25, -0.2) is 0 Å². The number of hydrogen-bond acceptors (Lipinski definition) is 8. The Kier molecular flexibility index (Phi) is 14.1. The molecule has 0 spiro atoms. The second kappa shape index (κ2) is 20.2. The topological polar surface area (TPSA) is 172 Å². The molecule has 1 atom stereocenters. The third-order valence-corrected chi connectivity index (χ3v) is 11.7. The lowest BCUT2D eigenvalue weighted by molar-refractivity contribution is -0.148. The summed E-state index contributed by atoms with van der Waals surface area (Å²) in [5.41, 5.74) is 3.84. The molecule has 320 valence electrons. The van der Waals surface area contributed by atoms with Gasteiger partial charge in [0, 0.05) is 44.2 Å². The molecule has 0 aliphatic carbocycles. The summed E-state index contributed by atoms with van der Waals surface area (Å²) < 4.78 is 6.08. The number of phenols is 1. The first kappa shape index (κ1) is 43.3. The Hall–Kier alpha value is -6.76. The lowest BCUT2D eigenvalue weighted by Crippen LogP contribution is -2.49. The van der Waals surface area contributed by atoms with Crippen LogP contribution < -0.4 is 15.6 Å². The van der Waals surface area contributed by atoms with Crippen LogP contribution in [-0.4, -0.2) is 80.6 Å². The predicted octanol–water partition coefficient (Wildman–Crippen LogP) is 6.28. The molecule has 1 unspecified atom stereocenters. The number of pyridine rings is 1. The number of aliphatic carboxylic acids is 1. The third kappa shape index (κ3) is 10.8. The highest BCUT2D eigenvalue weighted by molar-refractivity contribution is 5.87. The van der Waals surface area contributed by atoms with Crippen LogP contribution in [0.2, 0.25) is 0 Å². The van der Waals surface area contributed by atoms with Gasteiger partial charge < -0.3 is 40.2 Å². The first-order valence-electron chi connectivity index (χ1n) is 21.0. The number of H-pyrrole nitrogens is 1. The lowest BCUT2D eigenvalue weighted by Gasteiger charge is -2.39. The van der Waals surface area contributed by atoms with E-state index >= 15 is 0 Å². The largest absolute Gasteiger partial charge is 0.506 e. The van der Waals surface area contributed by atoms with Crippen molar-refractivity contribution in [1.29, 1.82) is 0 Å². The molecule has 7 rings (SSSR count). The minimum Gasteiger partial charge on any atom is -0.506 e. The maximum absolute atomic E-state index is 14.0. The number of aromatic nitrogens is 1. The molecule has 1 saturated heterocycles. The van der Waals surface area contributed by atoms with Crippen LogP contribution in [0.25, 0.3) is 10.9 Å². The Balaban J connectivity index is 0.959. The minimum absolute atomic E-state index is 0.0593. The van der Waals surface area contributed by atoms with Crippen LogP contribution in [0.5, 0.6) is 11.5 Å². The fourth-order valence-corrected chi connectivity index (χ4v) is 8.15. The van der Waals surface area contributed by atoms with E-state index in [9.17, 15) is 34.5 Å². The summed E-state index contributed by atoms with van der Waals surface area (Å²) in [6, 6.07) is 40.4. The predicted molar refractivity (Wildman–Crippen MR) is 237 cm³/mol. The number of fused-ring (bicyclic) bond motifs is 1. The van der Waals surface area contributed by atoms with Crippen LogP contribution in [0.15, 0.2) is 138 Å². The summed E-state index contributed by atoms with van der Waals surface area (Å²) in [6.45, 7) is 2.67. The number of carbonyl (C=O) groups excluding carboxylic acids is 2. The van der Waals surface area contributed by atoms with Gasteiger partial charge in [0.05, 0.1) is 29.9 Å². The number of piperidine rings is 1. The zero-order chi connectivity index (χ0) is 43.5. The molecule has 2 heterocycles. The Bertz CT molecular complexity index is 2520. The number of benzene rings is 5. The van der Waals surface area contributed by atoms with Crippen molar-refractivity contribution < 1.29 is 34.4 Å². The average molecular weight is 837 g/mol. The van der Waals surface area contributed by atoms with E-state index in [2.05, 4.69) is 10.3 Å². The van der Waals surface area contributed by atoms with Crippen LogP contribution in [0.1, 0.15) is 58.7 Å². The Morgan fingerprint density at radius 3 is 2.18 bits per heavy atom. The smallest absolute Gasteiger partial charge is 0.314 e. The molecule has 0 saturated carbocycles. The summed E-state index contributed by atoms with van der Waals surface area (Å²) in [4.78, 5) is 57.8. The second-order valence-electron chi connectivity index (χ2n) is 15.9.